The molecule has 136 valence electrons. The number of hydrazone groups is 1. The van der Waals surface area contributed by atoms with Crippen molar-refractivity contribution in [2.45, 2.75) is 12.6 Å². The van der Waals surface area contributed by atoms with Crippen LogP contribution in [0, 0.1) is 0 Å². The molecule has 2 amide bonds. The Labute approximate surface area is 151 Å². The van der Waals surface area contributed by atoms with E-state index < -0.39 is 30.0 Å². The number of halogens is 4. The fraction of sp³-hybridized carbons (Fsp3) is 0.118. The van der Waals surface area contributed by atoms with Gasteiger partial charge in [0.25, 0.3) is 0 Å². The molecule has 0 aliphatic rings. The van der Waals surface area contributed by atoms with Crippen LogP contribution in [0.5, 0.6) is 0 Å². The van der Waals surface area contributed by atoms with Gasteiger partial charge < -0.3 is 5.32 Å². The number of hydrogen-bond acceptors (Lipinski definition) is 3. The molecule has 0 heterocycles. The minimum atomic E-state index is -4.52. The number of carbonyl (C=O) groups excluding carboxylic acids is 2. The largest absolute Gasteiger partial charge is 0.416 e. The summed E-state index contributed by atoms with van der Waals surface area (Å²) in [6, 6.07) is 10.8. The molecule has 0 saturated carbocycles. The van der Waals surface area contributed by atoms with Gasteiger partial charge in [0.15, 0.2) is 0 Å². The van der Waals surface area contributed by atoms with E-state index in [0.717, 1.165) is 18.2 Å². The molecule has 9 heteroatoms. The van der Waals surface area contributed by atoms with Crippen LogP contribution < -0.4 is 10.7 Å². The molecule has 0 aliphatic heterocycles. The molecular formula is C17H13ClF3N3O2. The molecule has 26 heavy (non-hydrogen) atoms. The third-order valence-corrected chi connectivity index (χ3v) is 3.32. The minimum Gasteiger partial charge on any atom is -0.326 e. The summed E-state index contributed by atoms with van der Waals surface area (Å²) in [5.41, 5.74) is 1.89. The number of rotatable bonds is 5. The Morgan fingerprint density at radius 1 is 1.08 bits per heavy atom. The van der Waals surface area contributed by atoms with Gasteiger partial charge >= 0.3 is 6.18 Å². The molecule has 0 spiro atoms. The van der Waals surface area contributed by atoms with Crippen molar-refractivity contribution in [2.24, 2.45) is 5.10 Å². The highest BCUT2D eigenvalue weighted by Gasteiger charge is 2.30. The van der Waals surface area contributed by atoms with E-state index in [1.807, 2.05) is 0 Å². The van der Waals surface area contributed by atoms with Crippen molar-refractivity contribution < 1.29 is 22.8 Å². The lowest BCUT2D eigenvalue weighted by Gasteiger charge is -2.09. The first-order chi connectivity index (χ1) is 12.2. The van der Waals surface area contributed by atoms with Crippen LogP contribution >= 0.6 is 11.6 Å². The molecule has 0 aliphatic carbocycles. The van der Waals surface area contributed by atoms with E-state index >= 15 is 0 Å². The summed E-state index contributed by atoms with van der Waals surface area (Å²) in [5.74, 6) is -1.47. The Morgan fingerprint density at radius 3 is 2.42 bits per heavy atom. The van der Waals surface area contributed by atoms with Gasteiger partial charge in [-0.15, -0.1) is 0 Å². The van der Waals surface area contributed by atoms with Crippen LogP contribution in [-0.4, -0.2) is 18.0 Å². The van der Waals surface area contributed by atoms with Crippen LogP contribution in [0.1, 0.15) is 17.5 Å². The Balaban J connectivity index is 1.85. The highest BCUT2D eigenvalue weighted by atomic mass is 35.5. The first kappa shape index (κ1) is 19.5. The standard InChI is InChI=1S/C17H13ClF3N3O2/c18-13-6-4-11(5-7-13)10-22-24-16(26)9-15(25)23-14-3-1-2-12(8-14)17(19,20)21/h1-8,10H,9H2,(H,23,25)(H,24,26)/b22-10+. The fourth-order valence-electron chi connectivity index (χ4n) is 1.89. The van der Waals surface area contributed by atoms with Gasteiger partial charge in [-0.25, -0.2) is 5.43 Å². The lowest BCUT2D eigenvalue weighted by molar-refractivity contribution is -0.137. The first-order valence-electron chi connectivity index (χ1n) is 7.28. The number of benzene rings is 2. The number of nitrogens with one attached hydrogen (secondary N) is 2. The quantitative estimate of drug-likeness (QED) is 0.468. The van der Waals surface area contributed by atoms with Crippen LogP contribution in [0.15, 0.2) is 53.6 Å². The molecule has 0 saturated heterocycles. The van der Waals surface area contributed by atoms with Gasteiger partial charge in [0.2, 0.25) is 11.8 Å². The van der Waals surface area contributed by atoms with Crippen LogP contribution in [0.25, 0.3) is 0 Å². The molecule has 0 atom stereocenters. The number of anilines is 1. The van der Waals surface area contributed by atoms with Crippen molar-refractivity contribution in [3.8, 4) is 0 Å². The predicted molar refractivity (Wildman–Crippen MR) is 91.9 cm³/mol. The predicted octanol–water partition coefficient (Wildman–Crippen LogP) is 3.84. The van der Waals surface area contributed by atoms with E-state index in [1.54, 1.807) is 24.3 Å². The summed E-state index contributed by atoms with van der Waals surface area (Å²) >= 11 is 5.73. The van der Waals surface area contributed by atoms with E-state index in [2.05, 4.69) is 15.8 Å². The van der Waals surface area contributed by atoms with Crippen molar-refractivity contribution in [1.29, 1.82) is 0 Å². The second kappa shape index (κ2) is 8.48. The van der Waals surface area contributed by atoms with Crippen molar-refractivity contribution in [1.82, 2.24) is 5.43 Å². The third-order valence-electron chi connectivity index (χ3n) is 3.07. The average molecular weight is 384 g/mol. The molecule has 0 radical (unpaired) electrons. The van der Waals surface area contributed by atoms with Crippen molar-refractivity contribution in [3.05, 3.63) is 64.7 Å². The molecule has 0 fully saturated rings. The Kier molecular flexibility index (Phi) is 6.35. The smallest absolute Gasteiger partial charge is 0.326 e. The summed E-state index contributed by atoms with van der Waals surface area (Å²) < 4.78 is 37.9. The van der Waals surface area contributed by atoms with E-state index in [1.165, 1.54) is 12.3 Å². The van der Waals surface area contributed by atoms with Gasteiger partial charge in [0.05, 0.1) is 11.8 Å². The normalized spacial score (nSPS) is 11.4. The number of nitrogens with zero attached hydrogens (tertiary/aromatic N) is 1. The monoisotopic (exact) mass is 383 g/mol. The zero-order valence-electron chi connectivity index (χ0n) is 13.2. The number of amides is 2. The SMILES string of the molecule is O=C(CC(=O)Nc1cccc(C(F)(F)F)c1)N/N=C/c1ccc(Cl)cc1. The maximum Gasteiger partial charge on any atom is 0.416 e. The molecule has 5 nitrogen and oxygen atoms in total. The molecule has 2 rings (SSSR count). The van der Waals surface area contributed by atoms with Crippen LogP contribution in [0.3, 0.4) is 0 Å². The number of hydrogen-bond donors (Lipinski definition) is 2. The zero-order chi connectivity index (χ0) is 19.2. The summed E-state index contributed by atoms with van der Waals surface area (Å²) in [5, 5.41) is 6.47. The maximum atomic E-state index is 12.6. The minimum absolute atomic E-state index is 0.0534. The maximum absolute atomic E-state index is 12.6. The van der Waals surface area contributed by atoms with Crippen LogP contribution in [-0.2, 0) is 15.8 Å². The summed E-state index contributed by atoms with van der Waals surface area (Å²) in [6.07, 6.45) is -3.75. The van der Waals surface area contributed by atoms with Crippen molar-refractivity contribution >= 4 is 35.3 Å². The highest BCUT2D eigenvalue weighted by molar-refractivity contribution is 6.30. The second-order valence-corrected chi connectivity index (χ2v) is 5.58. The molecule has 2 aromatic rings. The third kappa shape index (κ3) is 6.21. The second-order valence-electron chi connectivity index (χ2n) is 5.15. The number of carbonyl (C=O) groups is 2. The van der Waals surface area contributed by atoms with Crippen LogP contribution in [0.2, 0.25) is 5.02 Å². The summed E-state index contributed by atoms with van der Waals surface area (Å²) in [6.45, 7) is 0. The zero-order valence-corrected chi connectivity index (χ0v) is 13.9. The fourth-order valence-corrected chi connectivity index (χ4v) is 2.02. The van der Waals surface area contributed by atoms with E-state index in [-0.39, 0.29) is 5.69 Å². The highest BCUT2D eigenvalue weighted by Crippen LogP contribution is 2.30. The van der Waals surface area contributed by atoms with Gasteiger partial charge in [-0.2, -0.15) is 18.3 Å². The van der Waals surface area contributed by atoms with E-state index in [9.17, 15) is 22.8 Å². The van der Waals surface area contributed by atoms with E-state index in [4.69, 9.17) is 11.6 Å². The molecule has 2 aromatic carbocycles. The molecule has 0 unspecified atom stereocenters. The Morgan fingerprint density at radius 2 is 1.77 bits per heavy atom. The molecule has 0 aromatic heterocycles. The molecule has 0 bridgehead atoms. The van der Waals surface area contributed by atoms with E-state index in [0.29, 0.717) is 10.6 Å². The van der Waals surface area contributed by atoms with Gasteiger partial charge in [-0.05, 0) is 35.9 Å². The topological polar surface area (TPSA) is 70.6 Å². The van der Waals surface area contributed by atoms with Crippen molar-refractivity contribution in [2.75, 3.05) is 5.32 Å². The average Bonchev–Trinajstić information content (AvgIpc) is 2.56. The summed E-state index contributed by atoms with van der Waals surface area (Å²) in [4.78, 5) is 23.4. The molecular weight excluding hydrogens is 371 g/mol. The van der Waals surface area contributed by atoms with Crippen molar-refractivity contribution in [3.63, 3.8) is 0 Å². The lowest BCUT2D eigenvalue weighted by Crippen LogP contribution is -2.24. The van der Waals surface area contributed by atoms with Gasteiger partial charge in [-0.3, -0.25) is 9.59 Å². The first-order valence-corrected chi connectivity index (χ1v) is 7.66. The number of alkyl halides is 3. The van der Waals surface area contributed by atoms with Gasteiger partial charge in [-0.1, -0.05) is 29.8 Å². The Hall–Kier alpha value is -2.87. The lowest BCUT2D eigenvalue weighted by atomic mass is 10.2. The summed E-state index contributed by atoms with van der Waals surface area (Å²) in [7, 11) is 0. The van der Waals surface area contributed by atoms with Crippen LogP contribution in [0.4, 0.5) is 18.9 Å². The molecule has 2 N–H and O–H groups in total. The van der Waals surface area contributed by atoms with Gasteiger partial charge in [0.1, 0.15) is 6.42 Å². The van der Waals surface area contributed by atoms with Gasteiger partial charge in [0, 0.05) is 10.7 Å². The Bertz CT molecular complexity index is 821.